The number of ketones is 2. The number of carbonyl (C=O) groups is 2. The summed E-state index contributed by atoms with van der Waals surface area (Å²) in [7, 11) is -4.03. The first kappa shape index (κ1) is 22.6. The third kappa shape index (κ3) is 3.12. The predicted molar refractivity (Wildman–Crippen MR) is 116 cm³/mol. The summed E-state index contributed by atoms with van der Waals surface area (Å²) >= 11 is 5.78. The highest BCUT2D eigenvalue weighted by Gasteiger charge is 2.63. The van der Waals surface area contributed by atoms with Crippen molar-refractivity contribution in [3.05, 3.63) is 58.4 Å². The molecule has 3 rings (SSSR count). The van der Waals surface area contributed by atoms with Crippen LogP contribution >= 0.6 is 11.6 Å². The smallest absolute Gasteiger partial charge is 0.174 e. The summed E-state index contributed by atoms with van der Waals surface area (Å²) in [5.41, 5.74) is 2.40. The first-order chi connectivity index (χ1) is 13.8. The molecule has 0 amide bonds. The van der Waals surface area contributed by atoms with Crippen molar-refractivity contribution in [1.82, 2.24) is 0 Å². The molecule has 0 saturated carbocycles. The van der Waals surface area contributed by atoms with Gasteiger partial charge in [0.25, 0.3) is 0 Å². The second-order valence-corrected chi connectivity index (χ2v) is 12.0. The van der Waals surface area contributed by atoms with E-state index in [0.717, 1.165) is 5.56 Å². The van der Waals surface area contributed by atoms with E-state index >= 15 is 0 Å². The van der Waals surface area contributed by atoms with Gasteiger partial charge in [0.05, 0.1) is 5.02 Å². The minimum Gasteiger partial charge on any atom is -0.297 e. The number of carbonyl (C=O) groups excluding carboxylic acids is 2. The van der Waals surface area contributed by atoms with Crippen molar-refractivity contribution in [2.45, 2.75) is 56.5 Å². The summed E-state index contributed by atoms with van der Waals surface area (Å²) in [6.07, 6.45) is 0.551. The average Bonchev–Trinajstić information content (AvgIpc) is 2.68. The number of hydrogen-bond acceptors (Lipinski definition) is 4. The Labute approximate surface area is 181 Å². The fraction of sp³-hybridized carbons (Fsp3) is 0.391. The number of hydrogen-bond donors (Lipinski definition) is 0. The van der Waals surface area contributed by atoms with Crippen molar-refractivity contribution in [3.8, 4) is 11.1 Å². The molecule has 1 aliphatic rings. The molecule has 1 fully saturated rings. The Hall–Kier alpha value is -2.05. The van der Waals surface area contributed by atoms with E-state index < -0.39 is 42.6 Å². The van der Waals surface area contributed by atoms with Gasteiger partial charge in [0.2, 0.25) is 0 Å². The molecule has 0 atom stereocenters. The van der Waals surface area contributed by atoms with Gasteiger partial charge in [-0.2, -0.15) is 0 Å². The van der Waals surface area contributed by atoms with Crippen molar-refractivity contribution in [3.63, 3.8) is 0 Å². The molecule has 160 valence electrons. The zero-order chi connectivity index (χ0) is 22.6. The lowest BCUT2D eigenvalue weighted by Crippen LogP contribution is -2.63. The minimum absolute atomic E-state index is 0.00417. The van der Waals surface area contributed by atoms with E-state index in [9.17, 15) is 22.4 Å². The standard InChI is InChI=1S/C23H24ClFO4S/c1-6-13-7-8-14(15-9-10-17(24)18(25)12-15)11-16(13)19-20(26)22(2,3)30(28,29)23(4,5)21(19)27/h7-12,19H,6H2,1-5H3. The number of sulfone groups is 1. The molecule has 0 unspecified atom stereocenters. The van der Waals surface area contributed by atoms with Gasteiger partial charge < -0.3 is 0 Å². The Morgan fingerprint density at radius 2 is 1.43 bits per heavy atom. The quantitative estimate of drug-likeness (QED) is 0.622. The molecule has 0 bridgehead atoms. The van der Waals surface area contributed by atoms with Gasteiger partial charge in [-0.05, 0) is 74.6 Å². The summed E-state index contributed by atoms with van der Waals surface area (Å²) in [5.74, 6) is -3.05. The van der Waals surface area contributed by atoms with Crippen molar-refractivity contribution in [2.75, 3.05) is 0 Å². The zero-order valence-electron chi connectivity index (χ0n) is 17.5. The van der Waals surface area contributed by atoms with Crippen LogP contribution in [0.3, 0.4) is 0 Å². The van der Waals surface area contributed by atoms with Gasteiger partial charge in [0.1, 0.15) is 21.2 Å². The molecule has 1 heterocycles. The van der Waals surface area contributed by atoms with Crippen LogP contribution in [-0.2, 0) is 25.8 Å². The van der Waals surface area contributed by atoms with E-state index in [4.69, 9.17) is 11.6 Å². The number of benzene rings is 2. The lowest BCUT2D eigenvalue weighted by atomic mass is 9.77. The first-order valence-corrected chi connectivity index (χ1v) is 11.5. The maximum absolute atomic E-state index is 14.0. The minimum atomic E-state index is -4.03. The Balaban J connectivity index is 2.24. The molecule has 7 heteroatoms. The SMILES string of the molecule is CCc1ccc(-c2ccc(Cl)c(F)c2)cc1C1C(=O)C(C)(C)S(=O)(=O)C(C)(C)C1=O. The van der Waals surface area contributed by atoms with Gasteiger partial charge in [-0.1, -0.05) is 36.7 Å². The normalized spacial score (nSPS) is 20.4. The lowest BCUT2D eigenvalue weighted by molar-refractivity contribution is -0.132. The van der Waals surface area contributed by atoms with Gasteiger partial charge in [0, 0.05) is 0 Å². The Morgan fingerprint density at radius 3 is 1.93 bits per heavy atom. The van der Waals surface area contributed by atoms with Crippen LogP contribution < -0.4 is 0 Å². The van der Waals surface area contributed by atoms with Gasteiger partial charge in [-0.25, -0.2) is 12.8 Å². The third-order valence-electron chi connectivity index (χ3n) is 6.15. The van der Waals surface area contributed by atoms with E-state index in [2.05, 4.69) is 0 Å². The Kier molecular flexibility index (Phi) is 5.49. The predicted octanol–water partition coefficient (Wildman–Crippen LogP) is 4.92. The van der Waals surface area contributed by atoms with E-state index in [1.165, 1.54) is 39.8 Å². The molecule has 0 aliphatic carbocycles. The van der Waals surface area contributed by atoms with Crippen molar-refractivity contribution in [1.29, 1.82) is 0 Å². The summed E-state index contributed by atoms with van der Waals surface area (Å²) in [6, 6.07) is 9.65. The topological polar surface area (TPSA) is 68.3 Å². The maximum atomic E-state index is 14.0. The largest absolute Gasteiger partial charge is 0.297 e. The van der Waals surface area contributed by atoms with Crippen molar-refractivity contribution in [2.24, 2.45) is 0 Å². The zero-order valence-corrected chi connectivity index (χ0v) is 19.1. The highest BCUT2D eigenvalue weighted by molar-refractivity contribution is 7.95. The fourth-order valence-electron chi connectivity index (χ4n) is 4.04. The van der Waals surface area contributed by atoms with Gasteiger partial charge >= 0.3 is 0 Å². The Morgan fingerprint density at radius 1 is 0.933 bits per heavy atom. The van der Waals surface area contributed by atoms with Crippen LogP contribution in [0.4, 0.5) is 4.39 Å². The highest BCUT2D eigenvalue weighted by atomic mass is 35.5. The molecule has 1 aliphatic heterocycles. The van der Waals surface area contributed by atoms with Crippen molar-refractivity contribution < 1.29 is 22.4 Å². The van der Waals surface area contributed by atoms with Crippen LogP contribution in [-0.4, -0.2) is 29.5 Å². The van der Waals surface area contributed by atoms with Crippen LogP contribution in [0.5, 0.6) is 0 Å². The summed E-state index contributed by atoms with van der Waals surface area (Å²) in [5, 5.41) is -0.00417. The van der Waals surface area contributed by atoms with E-state index in [0.29, 0.717) is 23.1 Å². The summed E-state index contributed by atoms with van der Waals surface area (Å²) in [4.78, 5) is 26.6. The third-order valence-corrected chi connectivity index (χ3v) is 9.54. The van der Waals surface area contributed by atoms with Gasteiger partial charge in [0.15, 0.2) is 21.4 Å². The van der Waals surface area contributed by atoms with Crippen molar-refractivity contribution >= 4 is 33.0 Å². The summed E-state index contributed by atoms with van der Waals surface area (Å²) in [6.45, 7) is 7.32. The van der Waals surface area contributed by atoms with Crippen LogP contribution in [0, 0.1) is 5.82 Å². The highest BCUT2D eigenvalue weighted by Crippen LogP contribution is 2.45. The second kappa shape index (κ2) is 7.27. The average molecular weight is 451 g/mol. The molecular formula is C23H24ClFO4S. The van der Waals surface area contributed by atoms with Crippen LogP contribution in [0.25, 0.3) is 11.1 Å². The van der Waals surface area contributed by atoms with Crippen LogP contribution in [0.15, 0.2) is 36.4 Å². The fourth-order valence-corrected chi connectivity index (χ4v) is 6.20. The molecule has 30 heavy (non-hydrogen) atoms. The molecule has 4 nitrogen and oxygen atoms in total. The monoisotopic (exact) mass is 450 g/mol. The molecule has 0 spiro atoms. The molecule has 0 aromatic heterocycles. The maximum Gasteiger partial charge on any atom is 0.174 e. The van der Waals surface area contributed by atoms with Crippen LogP contribution in [0.2, 0.25) is 5.02 Å². The molecule has 2 aromatic rings. The van der Waals surface area contributed by atoms with E-state index in [1.807, 2.05) is 6.92 Å². The van der Waals surface area contributed by atoms with E-state index in [1.54, 1.807) is 24.3 Å². The molecule has 0 radical (unpaired) electrons. The lowest BCUT2D eigenvalue weighted by Gasteiger charge is -2.42. The molecule has 1 saturated heterocycles. The van der Waals surface area contributed by atoms with Gasteiger partial charge in [-0.15, -0.1) is 0 Å². The number of aryl methyl sites for hydroxylation is 1. The Bertz CT molecular complexity index is 1130. The van der Waals surface area contributed by atoms with Gasteiger partial charge in [-0.3, -0.25) is 9.59 Å². The number of rotatable bonds is 3. The number of halogens is 2. The summed E-state index contributed by atoms with van der Waals surface area (Å²) < 4.78 is 36.5. The second-order valence-electron chi connectivity index (χ2n) is 8.58. The first-order valence-electron chi connectivity index (χ1n) is 9.68. The molecule has 0 N–H and O–H groups in total. The number of Topliss-reactive ketones (excluding diaryl/α,β-unsaturated/α-hetero) is 2. The van der Waals surface area contributed by atoms with E-state index in [-0.39, 0.29) is 5.02 Å². The molecular weight excluding hydrogens is 427 g/mol. The van der Waals surface area contributed by atoms with Crippen LogP contribution in [0.1, 0.15) is 51.7 Å². The molecule has 2 aromatic carbocycles.